The Bertz CT molecular complexity index is 977. The summed E-state index contributed by atoms with van der Waals surface area (Å²) in [5, 5.41) is 7.95. The lowest BCUT2D eigenvalue weighted by molar-refractivity contribution is -0.137. The van der Waals surface area contributed by atoms with Gasteiger partial charge in [0.05, 0.1) is 22.0 Å². The summed E-state index contributed by atoms with van der Waals surface area (Å²) in [5.74, 6) is 0.260. The van der Waals surface area contributed by atoms with Crippen LogP contribution in [-0.4, -0.2) is 16.3 Å². The summed E-state index contributed by atoms with van der Waals surface area (Å²) < 4.78 is 53.2. The molecule has 0 fully saturated rings. The van der Waals surface area contributed by atoms with Gasteiger partial charge in [-0.25, -0.2) is 9.07 Å². The van der Waals surface area contributed by atoms with E-state index in [1.165, 1.54) is 24.3 Å². The predicted molar refractivity (Wildman–Crippen MR) is 91.2 cm³/mol. The SMILES string of the molecule is Fc1ccc(-c2nn(-c3ccc(C(F)(F)F)cc3)c3c2CCN3)c(Cl)c1. The highest BCUT2D eigenvalue weighted by Gasteiger charge is 2.30. The molecular formula is C18H12ClF4N3. The number of halogens is 5. The Hall–Kier alpha value is -2.54. The zero-order valence-electron chi connectivity index (χ0n) is 13.2. The van der Waals surface area contributed by atoms with Crippen LogP contribution in [0.4, 0.5) is 23.4 Å². The number of alkyl halides is 3. The van der Waals surface area contributed by atoms with E-state index in [2.05, 4.69) is 10.4 Å². The molecule has 0 amide bonds. The smallest absolute Gasteiger partial charge is 0.369 e. The van der Waals surface area contributed by atoms with Crippen molar-refractivity contribution in [1.82, 2.24) is 9.78 Å². The highest BCUT2D eigenvalue weighted by molar-refractivity contribution is 6.33. The van der Waals surface area contributed by atoms with Gasteiger partial charge in [0.15, 0.2) is 0 Å². The average Bonchev–Trinajstić information content (AvgIpc) is 3.17. The van der Waals surface area contributed by atoms with E-state index in [9.17, 15) is 17.6 Å². The highest BCUT2D eigenvalue weighted by atomic mass is 35.5. The van der Waals surface area contributed by atoms with Crippen molar-refractivity contribution >= 4 is 17.4 Å². The van der Waals surface area contributed by atoms with Crippen LogP contribution in [0.5, 0.6) is 0 Å². The molecule has 4 rings (SSSR count). The van der Waals surface area contributed by atoms with Crippen molar-refractivity contribution in [3.05, 3.63) is 64.4 Å². The van der Waals surface area contributed by atoms with Gasteiger partial charge in [0.25, 0.3) is 0 Å². The molecule has 3 nitrogen and oxygen atoms in total. The molecule has 0 atom stereocenters. The maximum atomic E-state index is 13.3. The van der Waals surface area contributed by atoms with E-state index in [0.29, 0.717) is 35.7 Å². The summed E-state index contributed by atoms with van der Waals surface area (Å²) in [7, 11) is 0. The van der Waals surface area contributed by atoms with Gasteiger partial charge in [-0.1, -0.05) is 11.6 Å². The normalized spacial score (nSPS) is 13.6. The number of aromatic nitrogens is 2. The van der Waals surface area contributed by atoms with Crippen LogP contribution < -0.4 is 5.32 Å². The molecule has 0 bridgehead atoms. The minimum atomic E-state index is -4.39. The van der Waals surface area contributed by atoms with Crippen molar-refractivity contribution < 1.29 is 17.6 Å². The van der Waals surface area contributed by atoms with Crippen LogP contribution in [0, 0.1) is 5.82 Å². The number of anilines is 1. The van der Waals surface area contributed by atoms with E-state index in [1.807, 2.05) is 0 Å². The average molecular weight is 382 g/mol. The molecule has 2 aromatic carbocycles. The largest absolute Gasteiger partial charge is 0.416 e. The standard InChI is InChI=1S/C18H12ClF4N3/c19-15-9-11(20)3-6-13(15)16-14-7-8-24-17(14)26(25-16)12-4-1-10(2-5-12)18(21,22)23/h1-6,9,24H,7-8H2. The van der Waals surface area contributed by atoms with Crippen molar-refractivity contribution in [2.45, 2.75) is 12.6 Å². The summed E-state index contributed by atoms with van der Waals surface area (Å²) in [4.78, 5) is 0. The van der Waals surface area contributed by atoms with Crippen LogP contribution in [0.3, 0.4) is 0 Å². The van der Waals surface area contributed by atoms with E-state index in [0.717, 1.165) is 17.7 Å². The van der Waals surface area contributed by atoms with Gasteiger partial charge in [0, 0.05) is 17.7 Å². The summed E-state index contributed by atoms with van der Waals surface area (Å²) in [6.07, 6.45) is -3.70. The van der Waals surface area contributed by atoms with Crippen LogP contribution in [0.1, 0.15) is 11.1 Å². The molecule has 0 unspecified atom stereocenters. The number of nitrogens with zero attached hydrogens (tertiary/aromatic N) is 2. The van der Waals surface area contributed by atoms with Crippen molar-refractivity contribution in [1.29, 1.82) is 0 Å². The van der Waals surface area contributed by atoms with Gasteiger partial charge in [0.2, 0.25) is 0 Å². The number of nitrogens with one attached hydrogen (secondary N) is 1. The summed E-state index contributed by atoms with van der Waals surface area (Å²) in [6, 6.07) is 8.83. The number of hydrogen-bond acceptors (Lipinski definition) is 2. The number of hydrogen-bond donors (Lipinski definition) is 1. The van der Waals surface area contributed by atoms with Crippen molar-refractivity contribution in [3.63, 3.8) is 0 Å². The summed E-state index contributed by atoms with van der Waals surface area (Å²) >= 11 is 6.16. The zero-order valence-corrected chi connectivity index (χ0v) is 14.0. The molecule has 0 radical (unpaired) electrons. The summed E-state index contributed by atoms with van der Waals surface area (Å²) in [5.41, 5.74) is 1.85. The molecule has 1 aliphatic heterocycles. The second-order valence-electron chi connectivity index (χ2n) is 5.93. The minimum absolute atomic E-state index is 0.233. The Kier molecular flexibility index (Phi) is 3.91. The van der Waals surface area contributed by atoms with Gasteiger partial charge in [-0.3, -0.25) is 0 Å². The first-order valence-electron chi connectivity index (χ1n) is 7.83. The molecule has 0 saturated heterocycles. The van der Waals surface area contributed by atoms with Gasteiger partial charge in [-0.2, -0.15) is 18.3 Å². The fraction of sp³-hybridized carbons (Fsp3) is 0.167. The molecule has 1 aliphatic rings. The van der Waals surface area contributed by atoms with Gasteiger partial charge >= 0.3 is 6.18 Å². The molecule has 0 saturated carbocycles. The van der Waals surface area contributed by atoms with Crippen LogP contribution >= 0.6 is 11.6 Å². The molecule has 1 N–H and O–H groups in total. The topological polar surface area (TPSA) is 29.9 Å². The predicted octanol–water partition coefficient (Wildman–Crippen LogP) is 5.32. The maximum absolute atomic E-state index is 13.3. The molecule has 8 heteroatoms. The quantitative estimate of drug-likeness (QED) is 0.609. The van der Waals surface area contributed by atoms with Gasteiger partial charge in [-0.15, -0.1) is 0 Å². The van der Waals surface area contributed by atoms with E-state index in [-0.39, 0.29) is 5.02 Å². The molecule has 26 heavy (non-hydrogen) atoms. The lowest BCUT2D eigenvalue weighted by Gasteiger charge is -2.09. The lowest BCUT2D eigenvalue weighted by atomic mass is 10.1. The first kappa shape index (κ1) is 16.9. The third kappa shape index (κ3) is 2.82. The van der Waals surface area contributed by atoms with Crippen molar-refractivity contribution in [3.8, 4) is 16.9 Å². The highest BCUT2D eigenvalue weighted by Crippen LogP contribution is 2.38. The van der Waals surface area contributed by atoms with E-state index in [4.69, 9.17) is 11.6 Å². The first-order valence-corrected chi connectivity index (χ1v) is 8.21. The zero-order chi connectivity index (χ0) is 18.5. The second-order valence-corrected chi connectivity index (χ2v) is 6.34. The fourth-order valence-corrected chi connectivity index (χ4v) is 3.31. The number of rotatable bonds is 2. The molecule has 0 spiro atoms. The van der Waals surface area contributed by atoms with E-state index in [1.54, 1.807) is 10.7 Å². The van der Waals surface area contributed by atoms with Crippen LogP contribution in [0.15, 0.2) is 42.5 Å². The molecule has 1 aromatic heterocycles. The Morgan fingerprint density at radius 3 is 2.46 bits per heavy atom. The Balaban J connectivity index is 1.82. The van der Waals surface area contributed by atoms with Crippen LogP contribution in [0.2, 0.25) is 5.02 Å². The minimum Gasteiger partial charge on any atom is -0.369 e. The third-order valence-corrected chi connectivity index (χ3v) is 4.59. The second kappa shape index (κ2) is 6.02. The monoisotopic (exact) mass is 381 g/mol. The Labute approximate surface area is 151 Å². The van der Waals surface area contributed by atoms with Gasteiger partial charge < -0.3 is 5.32 Å². The van der Waals surface area contributed by atoms with E-state index >= 15 is 0 Å². The fourth-order valence-electron chi connectivity index (χ4n) is 3.05. The Morgan fingerprint density at radius 2 is 1.81 bits per heavy atom. The van der Waals surface area contributed by atoms with Crippen LogP contribution in [-0.2, 0) is 12.6 Å². The third-order valence-electron chi connectivity index (χ3n) is 4.28. The van der Waals surface area contributed by atoms with E-state index < -0.39 is 17.6 Å². The first-order chi connectivity index (χ1) is 12.3. The van der Waals surface area contributed by atoms with Gasteiger partial charge in [0.1, 0.15) is 11.6 Å². The molecular weight excluding hydrogens is 370 g/mol. The number of fused-ring (bicyclic) bond motifs is 1. The molecule has 134 valence electrons. The molecule has 0 aliphatic carbocycles. The molecule has 2 heterocycles. The van der Waals surface area contributed by atoms with Gasteiger partial charge in [-0.05, 0) is 48.9 Å². The Morgan fingerprint density at radius 1 is 1.08 bits per heavy atom. The van der Waals surface area contributed by atoms with Crippen LogP contribution in [0.25, 0.3) is 16.9 Å². The lowest BCUT2D eigenvalue weighted by Crippen LogP contribution is -2.07. The number of benzene rings is 2. The van der Waals surface area contributed by atoms with Crippen molar-refractivity contribution in [2.75, 3.05) is 11.9 Å². The molecule has 3 aromatic rings. The van der Waals surface area contributed by atoms with Crippen molar-refractivity contribution in [2.24, 2.45) is 0 Å². The summed E-state index contributed by atoms with van der Waals surface area (Å²) in [6.45, 7) is 0.680. The maximum Gasteiger partial charge on any atom is 0.416 e.